The Morgan fingerprint density at radius 3 is 2.83 bits per heavy atom. The molecule has 18 heavy (non-hydrogen) atoms. The highest BCUT2D eigenvalue weighted by molar-refractivity contribution is 5.95. The third-order valence-electron chi connectivity index (χ3n) is 3.57. The van der Waals surface area contributed by atoms with Crippen LogP contribution in [0.3, 0.4) is 0 Å². The molecule has 0 spiro atoms. The van der Waals surface area contributed by atoms with Gasteiger partial charge in [-0.2, -0.15) is 0 Å². The second kappa shape index (κ2) is 4.71. The largest absolute Gasteiger partial charge is 0.384 e. The van der Waals surface area contributed by atoms with Crippen LogP contribution >= 0.6 is 0 Å². The summed E-state index contributed by atoms with van der Waals surface area (Å²) in [5.74, 6) is 0.150. The van der Waals surface area contributed by atoms with Crippen molar-refractivity contribution in [1.82, 2.24) is 5.32 Å². The van der Waals surface area contributed by atoms with Gasteiger partial charge < -0.3 is 15.3 Å². The number of amides is 1. The number of nitrogens with zero attached hydrogens (tertiary/aromatic N) is 1. The lowest BCUT2D eigenvalue weighted by Crippen LogP contribution is -2.35. The Bertz CT molecular complexity index is 469. The maximum Gasteiger partial charge on any atom is 0.227 e. The molecule has 4 heteroatoms. The molecule has 0 bridgehead atoms. The van der Waals surface area contributed by atoms with Gasteiger partial charge in [0.05, 0.1) is 5.60 Å². The first-order valence-corrected chi connectivity index (χ1v) is 6.22. The number of carbonyl (C=O) groups excluding carboxylic acids is 1. The fourth-order valence-electron chi connectivity index (χ4n) is 2.44. The van der Waals surface area contributed by atoms with Crippen LogP contribution in [0.1, 0.15) is 24.5 Å². The van der Waals surface area contributed by atoms with Crippen molar-refractivity contribution < 1.29 is 9.90 Å². The van der Waals surface area contributed by atoms with Crippen LogP contribution in [0.15, 0.2) is 18.2 Å². The molecule has 1 unspecified atom stereocenters. The van der Waals surface area contributed by atoms with Crippen LogP contribution in [0.25, 0.3) is 0 Å². The molecule has 0 aliphatic carbocycles. The van der Waals surface area contributed by atoms with Crippen LogP contribution in [-0.2, 0) is 16.8 Å². The van der Waals surface area contributed by atoms with Crippen LogP contribution in [0.4, 0.5) is 5.69 Å². The summed E-state index contributed by atoms with van der Waals surface area (Å²) in [5, 5.41) is 13.4. The van der Waals surface area contributed by atoms with Crippen molar-refractivity contribution in [1.29, 1.82) is 0 Å². The summed E-state index contributed by atoms with van der Waals surface area (Å²) in [5.41, 5.74) is 2.09. The van der Waals surface area contributed by atoms with Crippen LogP contribution in [0.2, 0.25) is 0 Å². The molecule has 2 rings (SSSR count). The van der Waals surface area contributed by atoms with E-state index in [1.165, 1.54) is 0 Å². The number of fused-ring (bicyclic) bond motifs is 1. The average molecular weight is 248 g/mol. The minimum atomic E-state index is -0.885. The third kappa shape index (κ3) is 2.26. The summed E-state index contributed by atoms with van der Waals surface area (Å²) in [4.78, 5) is 13.3. The van der Waals surface area contributed by atoms with E-state index < -0.39 is 5.60 Å². The minimum absolute atomic E-state index is 0.150. The first-order chi connectivity index (χ1) is 8.45. The molecule has 1 aromatic rings. The van der Waals surface area contributed by atoms with Gasteiger partial charge in [0.25, 0.3) is 0 Å². The average Bonchev–Trinajstić information content (AvgIpc) is 2.33. The third-order valence-corrected chi connectivity index (χ3v) is 3.57. The van der Waals surface area contributed by atoms with Gasteiger partial charge in [-0.25, -0.2) is 0 Å². The van der Waals surface area contributed by atoms with Crippen molar-refractivity contribution in [3.8, 4) is 0 Å². The van der Waals surface area contributed by atoms with Crippen molar-refractivity contribution in [2.24, 2.45) is 0 Å². The number of rotatable bonds is 3. The van der Waals surface area contributed by atoms with Gasteiger partial charge in [-0.3, -0.25) is 4.79 Å². The summed E-state index contributed by atoms with van der Waals surface area (Å²) in [6.45, 7) is 2.30. The summed E-state index contributed by atoms with van der Waals surface area (Å²) < 4.78 is 0. The molecule has 1 aliphatic rings. The van der Waals surface area contributed by atoms with Crippen molar-refractivity contribution >= 4 is 11.6 Å². The van der Waals surface area contributed by atoms with Gasteiger partial charge in [-0.1, -0.05) is 12.1 Å². The van der Waals surface area contributed by atoms with Gasteiger partial charge in [-0.15, -0.1) is 0 Å². The van der Waals surface area contributed by atoms with Gasteiger partial charge in [-0.05, 0) is 37.6 Å². The number of benzene rings is 1. The maximum atomic E-state index is 11.6. The van der Waals surface area contributed by atoms with E-state index in [-0.39, 0.29) is 5.91 Å². The van der Waals surface area contributed by atoms with E-state index in [1.54, 1.807) is 18.9 Å². The second-order valence-corrected chi connectivity index (χ2v) is 5.10. The Hall–Kier alpha value is -1.39. The Morgan fingerprint density at radius 1 is 1.44 bits per heavy atom. The van der Waals surface area contributed by atoms with Gasteiger partial charge in [0.15, 0.2) is 0 Å². The summed E-state index contributed by atoms with van der Waals surface area (Å²) >= 11 is 0. The lowest BCUT2D eigenvalue weighted by Gasteiger charge is -2.29. The number of likely N-dealkylation sites (N-methyl/N-ethyl adjacent to an activating group) is 1. The highest BCUT2D eigenvalue weighted by Crippen LogP contribution is 2.31. The Morgan fingerprint density at radius 2 is 2.17 bits per heavy atom. The minimum Gasteiger partial charge on any atom is -0.384 e. The normalized spacial score (nSPS) is 18.4. The molecule has 1 aliphatic heterocycles. The molecule has 98 valence electrons. The SMILES string of the molecule is CNCC(C)(O)c1ccc2c(c1)CCC(=O)N2C. The number of aliphatic hydroxyl groups is 1. The number of hydrogen-bond donors (Lipinski definition) is 2. The molecule has 0 aromatic heterocycles. The molecule has 4 nitrogen and oxygen atoms in total. The lowest BCUT2D eigenvalue weighted by atomic mass is 9.91. The lowest BCUT2D eigenvalue weighted by molar-refractivity contribution is -0.118. The number of anilines is 1. The van der Waals surface area contributed by atoms with E-state index in [4.69, 9.17) is 0 Å². The van der Waals surface area contributed by atoms with Crippen LogP contribution < -0.4 is 10.2 Å². The smallest absolute Gasteiger partial charge is 0.227 e. The summed E-state index contributed by atoms with van der Waals surface area (Å²) in [6.07, 6.45) is 1.29. The zero-order valence-corrected chi connectivity index (χ0v) is 11.2. The van der Waals surface area contributed by atoms with E-state index >= 15 is 0 Å². The zero-order valence-electron chi connectivity index (χ0n) is 11.2. The molecule has 0 saturated carbocycles. The number of aryl methyl sites for hydroxylation is 1. The first kappa shape index (κ1) is 13.1. The molecule has 1 heterocycles. The zero-order chi connectivity index (χ0) is 13.3. The van der Waals surface area contributed by atoms with E-state index in [1.807, 2.05) is 25.2 Å². The fourth-order valence-corrected chi connectivity index (χ4v) is 2.44. The Labute approximate surface area is 108 Å². The molecular weight excluding hydrogens is 228 g/mol. The predicted molar refractivity (Wildman–Crippen MR) is 71.7 cm³/mol. The fraction of sp³-hybridized carbons (Fsp3) is 0.500. The van der Waals surface area contributed by atoms with Gasteiger partial charge in [0, 0.05) is 25.7 Å². The Kier molecular flexibility index (Phi) is 3.41. The Balaban J connectivity index is 2.36. The highest BCUT2D eigenvalue weighted by atomic mass is 16.3. The monoisotopic (exact) mass is 248 g/mol. The molecule has 2 N–H and O–H groups in total. The summed E-state index contributed by atoms with van der Waals surface area (Å²) in [6, 6.07) is 5.83. The quantitative estimate of drug-likeness (QED) is 0.840. The predicted octanol–water partition coefficient (Wildman–Crippen LogP) is 1.02. The number of nitrogens with one attached hydrogen (secondary N) is 1. The van der Waals surface area contributed by atoms with Crippen LogP contribution in [-0.4, -0.2) is 31.7 Å². The molecule has 0 radical (unpaired) electrons. The first-order valence-electron chi connectivity index (χ1n) is 6.22. The van der Waals surface area contributed by atoms with E-state index in [0.717, 1.165) is 23.2 Å². The van der Waals surface area contributed by atoms with Gasteiger partial charge in [0.2, 0.25) is 5.91 Å². The van der Waals surface area contributed by atoms with E-state index in [9.17, 15) is 9.90 Å². The molecule has 1 atom stereocenters. The van der Waals surface area contributed by atoms with Gasteiger partial charge in [0.1, 0.15) is 0 Å². The van der Waals surface area contributed by atoms with Crippen molar-refractivity contribution in [2.45, 2.75) is 25.4 Å². The molecule has 1 amide bonds. The number of hydrogen-bond acceptors (Lipinski definition) is 3. The van der Waals surface area contributed by atoms with Crippen molar-refractivity contribution in [3.05, 3.63) is 29.3 Å². The molecule has 0 fully saturated rings. The highest BCUT2D eigenvalue weighted by Gasteiger charge is 2.26. The number of carbonyl (C=O) groups is 1. The van der Waals surface area contributed by atoms with Crippen LogP contribution in [0.5, 0.6) is 0 Å². The van der Waals surface area contributed by atoms with Gasteiger partial charge >= 0.3 is 0 Å². The standard InChI is InChI=1S/C14H20N2O2/c1-14(18,9-15-2)11-5-6-12-10(8-11)4-7-13(17)16(12)3/h5-6,8,15,18H,4,7,9H2,1-3H3. The van der Waals surface area contributed by atoms with Crippen LogP contribution in [0, 0.1) is 0 Å². The maximum absolute atomic E-state index is 11.6. The van der Waals surface area contributed by atoms with Crippen molar-refractivity contribution in [2.75, 3.05) is 25.5 Å². The molecular formula is C14H20N2O2. The van der Waals surface area contributed by atoms with E-state index in [2.05, 4.69) is 5.32 Å². The summed E-state index contributed by atoms with van der Waals surface area (Å²) in [7, 11) is 3.62. The topological polar surface area (TPSA) is 52.6 Å². The second-order valence-electron chi connectivity index (χ2n) is 5.10. The molecule has 1 aromatic carbocycles. The van der Waals surface area contributed by atoms with Crippen molar-refractivity contribution in [3.63, 3.8) is 0 Å². The van der Waals surface area contributed by atoms with E-state index in [0.29, 0.717) is 13.0 Å². The molecule has 0 saturated heterocycles.